The largest absolute Gasteiger partial charge is 0.207 e. The van der Waals surface area contributed by atoms with Crippen LogP contribution in [0, 0.1) is 11.6 Å². The molecule has 78 valence electrons. The van der Waals surface area contributed by atoms with Crippen molar-refractivity contribution in [2.24, 2.45) is 0 Å². The van der Waals surface area contributed by atoms with Gasteiger partial charge in [0.15, 0.2) is 0 Å². The second-order valence-electron chi connectivity index (χ2n) is 3.55. The molecule has 1 aromatic rings. The van der Waals surface area contributed by atoms with Crippen LogP contribution in [-0.2, 0) is 6.42 Å². The quantitative estimate of drug-likeness (QED) is 0.625. The minimum atomic E-state index is -0.350. The Kier molecular flexibility index (Phi) is 4.57. The summed E-state index contributed by atoms with van der Waals surface area (Å²) < 4.78 is 25.9. The van der Waals surface area contributed by atoms with E-state index in [1.165, 1.54) is 12.1 Å². The summed E-state index contributed by atoms with van der Waals surface area (Å²) in [5.41, 5.74) is 0.501. The lowest BCUT2D eigenvalue weighted by Crippen LogP contribution is -1.92. The number of unbranched alkanes of at least 4 members (excludes halogenated alkanes) is 3. The van der Waals surface area contributed by atoms with Crippen LogP contribution in [0.15, 0.2) is 18.2 Å². The van der Waals surface area contributed by atoms with Crippen LogP contribution in [-0.4, -0.2) is 0 Å². The molecule has 0 N–H and O–H groups in total. The normalized spacial score (nSPS) is 10.5. The van der Waals surface area contributed by atoms with Gasteiger partial charge in [-0.1, -0.05) is 26.2 Å². The maximum Gasteiger partial charge on any atom is 0.126 e. The third kappa shape index (κ3) is 3.44. The van der Waals surface area contributed by atoms with Crippen molar-refractivity contribution in [1.29, 1.82) is 0 Å². The maximum absolute atomic E-state index is 13.1. The molecule has 0 amide bonds. The molecule has 0 unspecified atom stereocenters. The van der Waals surface area contributed by atoms with Gasteiger partial charge in [0.1, 0.15) is 11.6 Å². The molecule has 0 spiro atoms. The van der Waals surface area contributed by atoms with Crippen LogP contribution < -0.4 is 0 Å². The van der Waals surface area contributed by atoms with Crippen molar-refractivity contribution in [2.45, 2.75) is 39.0 Å². The minimum Gasteiger partial charge on any atom is -0.207 e. The number of rotatable bonds is 5. The summed E-state index contributed by atoms with van der Waals surface area (Å²) in [6.07, 6.45) is 4.99. The molecule has 0 heterocycles. The lowest BCUT2D eigenvalue weighted by molar-refractivity contribution is 0.574. The van der Waals surface area contributed by atoms with Crippen molar-refractivity contribution in [3.8, 4) is 0 Å². The topological polar surface area (TPSA) is 0 Å². The van der Waals surface area contributed by atoms with Crippen LogP contribution in [0.5, 0.6) is 0 Å². The van der Waals surface area contributed by atoms with Gasteiger partial charge in [-0.2, -0.15) is 0 Å². The van der Waals surface area contributed by atoms with Gasteiger partial charge in [0, 0.05) is 0 Å². The molecule has 0 aliphatic rings. The highest BCUT2D eigenvalue weighted by molar-refractivity contribution is 5.18. The molecule has 0 aliphatic heterocycles. The molecular weight excluding hydrogens is 182 g/mol. The van der Waals surface area contributed by atoms with E-state index in [2.05, 4.69) is 6.92 Å². The highest BCUT2D eigenvalue weighted by Gasteiger charge is 2.02. The fraction of sp³-hybridized carbons (Fsp3) is 0.500. The summed E-state index contributed by atoms with van der Waals surface area (Å²) in [5, 5.41) is 0. The van der Waals surface area contributed by atoms with Crippen LogP contribution in [0.3, 0.4) is 0 Å². The lowest BCUT2D eigenvalue weighted by Gasteiger charge is -2.02. The van der Waals surface area contributed by atoms with E-state index in [0.29, 0.717) is 12.0 Å². The molecule has 2 heteroatoms. The van der Waals surface area contributed by atoms with Crippen molar-refractivity contribution >= 4 is 0 Å². The van der Waals surface area contributed by atoms with Gasteiger partial charge in [0.25, 0.3) is 0 Å². The van der Waals surface area contributed by atoms with Gasteiger partial charge >= 0.3 is 0 Å². The third-order valence-electron chi connectivity index (χ3n) is 2.31. The molecule has 0 saturated carbocycles. The summed E-state index contributed by atoms with van der Waals surface area (Å²) in [6.45, 7) is 2.13. The molecule has 0 aliphatic carbocycles. The van der Waals surface area contributed by atoms with Crippen molar-refractivity contribution in [1.82, 2.24) is 0 Å². The summed E-state index contributed by atoms with van der Waals surface area (Å²) in [5.74, 6) is -0.639. The predicted molar refractivity (Wildman–Crippen MR) is 54.2 cm³/mol. The van der Waals surface area contributed by atoms with E-state index in [1.807, 2.05) is 0 Å². The first-order valence-electron chi connectivity index (χ1n) is 5.18. The molecule has 14 heavy (non-hydrogen) atoms. The third-order valence-corrected chi connectivity index (χ3v) is 2.31. The fourth-order valence-electron chi connectivity index (χ4n) is 1.48. The number of aryl methyl sites for hydroxylation is 1. The molecule has 0 saturated heterocycles. The van der Waals surface area contributed by atoms with Crippen LogP contribution in [0.2, 0.25) is 0 Å². The summed E-state index contributed by atoms with van der Waals surface area (Å²) in [6, 6.07) is 3.65. The van der Waals surface area contributed by atoms with Gasteiger partial charge in [-0.3, -0.25) is 0 Å². The Bertz CT molecular complexity index is 282. The molecular formula is C12H16F2. The van der Waals surface area contributed by atoms with Gasteiger partial charge in [0.2, 0.25) is 0 Å². The number of benzene rings is 1. The first-order valence-corrected chi connectivity index (χ1v) is 5.18. The van der Waals surface area contributed by atoms with Gasteiger partial charge < -0.3 is 0 Å². The molecule has 0 aromatic heterocycles. The monoisotopic (exact) mass is 198 g/mol. The number of halogens is 2. The van der Waals surface area contributed by atoms with Crippen LogP contribution in [0.25, 0.3) is 0 Å². The molecule has 1 rings (SSSR count). The lowest BCUT2D eigenvalue weighted by atomic mass is 10.1. The smallest absolute Gasteiger partial charge is 0.126 e. The zero-order valence-electron chi connectivity index (χ0n) is 8.52. The van der Waals surface area contributed by atoms with Crippen molar-refractivity contribution in [2.75, 3.05) is 0 Å². The Morgan fingerprint density at radius 1 is 1.07 bits per heavy atom. The Labute approximate surface area is 84.0 Å². The van der Waals surface area contributed by atoms with Crippen LogP contribution in [0.4, 0.5) is 8.78 Å². The van der Waals surface area contributed by atoms with E-state index < -0.39 is 0 Å². The van der Waals surface area contributed by atoms with Gasteiger partial charge in [-0.25, -0.2) is 8.78 Å². The predicted octanol–water partition coefficient (Wildman–Crippen LogP) is 4.09. The second kappa shape index (κ2) is 5.74. The van der Waals surface area contributed by atoms with E-state index in [0.717, 1.165) is 31.7 Å². The van der Waals surface area contributed by atoms with E-state index in [-0.39, 0.29) is 11.6 Å². The first kappa shape index (κ1) is 11.2. The Hall–Kier alpha value is -0.920. The Morgan fingerprint density at radius 2 is 1.86 bits per heavy atom. The Balaban J connectivity index is 2.45. The van der Waals surface area contributed by atoms with Crippen molar-refractivity contribution < 1.29 is 8.78 Å². The second-order valence-corrected chi connectivity index (χ2v) is 3.55. The summed E-state index contributed by atoms with van der Waals surface area (Å²) in [4.78, 5) is 0. The van der Waals surface area contributed by atoms with Gasteiger partial charge in [0.05, 0.1) is 0 Å². The molecule has 1 aromatic carbocycles. The van der Waals surface area contributed by atoms with E-state index in [4.69, 9.17) is 0 Å². The number of hydrogen-bond donors (Lipinski definition) is 0. The van der Waals surface area contributed by atoms with Crippen LogP contribution >= 0.6 is 0 Å². The standard InChI is InChI=1S/C12H16F2/c1-2-3-4-5-6-10-9-11(13)7-8-12(10)14/h7-9H,2-6H2,1H3. The fourth-order valence-corrected chi connectivity index (χ4v) is 1.48. The molecule has 0 bridgehead atoms. The van der Waals surface area contributed by atoms with Crippen molar-refractivity contribution in [3.63, 3.8) is 0 Å². The first-order chi connectivity index (χ1) is 6.74. The molecule has 0 radical (unpaired) electrons. The zero-order valence-corrected chi connectivity index (χ0v) is 8.52. The minimum absolute atomic E-state index is 0.289. The average Bonchev–Trinajstić information content (AvgIpc) is 2.18. The van der Waals surface area contributed by atoms with Crippen LogP contribution in [0.1, 0.15) is 38.2 Å². The molecule has 0 nitrogen and oxygen atoms in total. The van der Waals surface area contributed by atoms with E-state index in [1.54, 1.807) is 0 Å². The van der Waals surface area contributed by atoms with Gasteiger partial charge in [-0.05, 0) is 36.6 Å². The Morgan fingerprint density at radius 3 is 2.57 bits per heavy atom. The highest BCUT2D eigenvalue weighted by atomic mass is 19.1. The molecule has 0 fully saturated rings. The SMILES string of the molecule is CCCCCCc1cc(F)ccc1F. The summed E-state index contributed by atoms with van der Waals surface area (Å²) in [7, 11) is 0. The number of hydrogen-bond acceptors (Lipinski definition) is 0. The maximum atomic E-state index is 13.1. The van der Waals surface area contributed by atoms with Gasteiger partial charge in [-0.15, -0.1) is 0 Å². The highest BCUT2D eigenvalue weighted by Crippen LogP contribution is 2.13. The van der Waals surface area contributed by atoms with E-state index >= 15 is 0 Å². The van der Waals surface area contributed by atoms with E-state index in [9.17, 15) is 8.78 Å². The molecule has 0 atom stereocenters. The zero-order chi connectivity index (χ0) is 10.4. The summed E-state index contributed by atoms with van der Waals surface area (Å²) >= 11 is 0. The van der Waals surface area contributed by atoms with Crippen molar-refractivity contribution in [3.05, 3.63) is 35.4 Å². The average molecular weight is 198 g/mol.